The first kappa shape index (κ1) is 25.5. The summed E-state index contributed by atoms with van der Waals surface area (Å²) in [7, 11) is 9.41. The van der Waals surface area contributed by atoms with Gasteiger partial charge in [-0.1, -0.05) is 6.07 Å². The Kier molecular flexibility index (Phi) is 10.2. The number of thiophene rings is 1. The number of benzene rings is 1. The van der Waals surface area contributed by atoms with Gasteiger partial charge in [0.1, 0.15) is 11.5 Å². The lowest BCUT2D eigenvalue weighted by atomic mass is 10.2. The number of guanidine groups is 1. The number of nitrogens with one attached hydrogen (secondary N) is 2. The minimum atomic E-state index is 0. The Morgan fingerprint density at radius 2 is 1.97 bits per heavy atom. The summed E-state index contributed by atoms with van der Waals surface area (Å²) in [6, 6.07) is 10.9. The highest BCUT2D eigenvalue weighted by Gasteiger charge is 2.25. The third-order valence-corrected chi connectivity index (χ3v) is 6.39. The molecule has 7 nitrogen and oxygen atoms in total. The summed E-state index contributed by atoms with van der Waals surface area (Å²) in [5, 5.41) is 9.21. The Morgan fingerprint density at radius 3 is 2.52 bits per heavy atom. The lowest BCUT2D eigenvalue weighted by Gasteiger charge is -2.25. The summed E-state index contributed by atoms with van der Waals surface area (Å²) in [6.07, 6.45) is 1.04. The summed E-state index contributed by atoms with van der Waals surface area (Å²) in [5.74, 6) is 2.46. The van der Waals surface area contributed by atoms with E-state index in [1.165, 1.54) is 4.88 Å². The van der Waals surface area contributed by atoms with E-state index in [0.29, 0.717) is 12.1 Å². The van der Waals surface area contributed by atoms with Crippen molar-refractivity contribution in [2.45, 2.75) is 18.5 Å². The first-order chi connectivity index (χ1) is 14.5. The predicted molar refractivity (Wildman–Crippen MR) is 141 cm³/mol. The number of likely N-dealkylation sites (N-methyl/N-ethyl adjacent to an activating group) is 1. The van der Waals surface area contributed by atoms with E-state index in [1.807, 2.05) is 13.1 Å². The number of methoxy groups -OCH3 is 2. The SMILES string of the molecule is CN=C(NCC(c1cccs1)N(C)C)NC1CCN(c2cc(OC)cc(OC)c2)C1.I. The molecule has 2 aromatic rings. The Labute approximate surface area is 206 Å². The van der Waals surface area contributed by atoms with E-state index in [0.717, 1.165) is 49.2 Å². The summed E-state index contributed by atoms with van der Waals surface area (Å²) in [5.41, 5.74) is 1.11. The van der Waals surface area contributed by atoms with Crippen molar-refractivity contribution in [2.75, 3.05) is 59.9 Å². The zero-order chi connectivity index (χ0) is 21.5. The van der Waals surface area contributed by atoms with Gasteiger partial charge in [-0.05, 0) is 32.0 Å². The molecule has 0 radical (unpaired) electrons. The first-order valence-corrected chi connectivity index (χ1v) is 11.1. The van der Waals surface area contributed by atoms with E-state index < -0.39 is 0 Å². The normalized spacial score (nSPS) is 17.3. The predicted octanol–water partition coefficient (Wildman–Crippen LogP) is 3.43. The second kappa shape index (κ2) is 12.4. The molecule has 1 aliphatic rings. The molecule has 1 fully saturated rings. The van der Waals surface area contributed by atoms with Crippen LogP contribution >= 0.6 is 35.3 Å². The van der Waals surface area contributed by atoms with Crippen LogP contribution in [0.25, 0.3) is 0 Å². The minimum Gasteiger partial charge on any atom is -0.497 e. The zero-order valence-electron chi connectivity index (χ0n) is 18.9. The molecule has 172 valence electrons. The highest BCUT2D eigenvalue weighted by Crippen LogP contribution is 2.30. The van der Waals surface area contributed by atoms with Crippen LogP contribution in [-0.4, -0.2) is 71.9 Å². The maximum atomic E-state index is 5.42. The van der Waals surface area contributed by atoms with Crippen LogP contribution in [0.4, 0.5) is 5.69 Å². The molecule has 1 saturated heterocycles. The second-order valence-electron chi connectivity index (χ2n) is 7.59. The van der Waals surface area contributed by atoms with E-state index in [4.69, 9.17) is 9.47 Å². The van der Waals surface area contributed by atoms with Crippen molar-refractivity contribution in [1.29, 1.82) is 0 Å². The number of rotatable bonds is 8. The van der Waals surface area contributed by atoms with Crippen molar-refractivity contribution < 1.29 is 9.47 Å². The number of aliphatic imine (C=N–C) groups is 1. The third-order valence-electron chi connectivity index (χ3n) is 5.41. The van der Waals surface area contributed by atoms with E-state index in [9.17, 15) is 0 Å². The smallest absolute Gasteiger partial charge is 0.191 e. The van der Waals surface area contributed by atoms with Crippen molar-refractivity contribution in [3.8, 4) is 11.5 Å². The van der Waals surface area contributed by atoms with E-state index in [2.05, 4.69) is 69.2 Å². The van der Waals surface area contributed by atoms with Crippen LogP contribution in [0.5, 0.6) is 11.5 Å². The topological polar surface area (TPSA) is 61.4 Å². The van der Waals surface area contributed by atoms with Crippen molar-refractivity contribution in [3.05, 3.63) is 40.6 Å². The molecule has 0 saturated carbocycles. The molecule has 1 aliphatic heterocycles. The van der Waals surface area contributed by atoms with Gasteiger partial charge >= 0.3 is 0 Å². The molecule has 1 aromatic carbocycles. The van der Waals surface area contributed by atoms with E-state index in [-0.39, 0.29) is 24.0 Å². The summed E-state index contributed by atoms with van der Waals surface area (Å²) < 4.78 is 10.8. The Hall–Kier alpha value is -1.72. The largest absolute Gasteiger partial charge is 0.497 e. The average molecular weight is 560 g/mol. The molecule has 2 heterocycles. The fraction of sp³-hybridized carbons (Fsp3) is 0.500. The van der Waals surface area contributed by atoms with Gasteiger partial charge in [0, 0.05) is 61.5 Å². The van der Waals surface area contributed by atoms with Gasteiger partial charge in [0.05, 0.1) is 20.3 Å². The van der Waals surface area contributed by atoms with Crippen molar-refractivity contribution in [2.24, 2.45) is 4.99 Å². The molecule has 0 spiro atoms. The molecule has 1 aromatic heterocycles. The van der Waals surface area contributed by atoms with Crippen LogP contribution in [0.3, 0.4) is 0 Å². The zero-order valence-corrected chi connectivity index (χ0v) is 22.1. The Balaban J connectivity index is 0.00000341. The molecule has 0 aliphatic carbocycles. The summed E-state index contributed by atoms with van der Waals surface area (Å²) in [4.78, 5) is 10.4. The standard InChI is InChI=1S/C22H33N5O2S.HI/c1-23-22(24-14-20(26(2)3)21-7-6-10-30-21)25-16-8-9-27(15-16)17-11-18(28-4)13-19(12-17)29-5;/h6-7,10-13,16,20H,8-9,14-15H2,1-5H3,(H2,23,24,25);1H. The fourth-order valence-corrected chi connectivity index (χ4v) is 4.61. The number of nitrogens with zero attached hydrogens (tertiary/aromatic N) is 3. The van der Waals surface area contributed by atoms with Crippen molar-refractivity contribution >= 4 is 47.0 Å². The van der Waals surface area contributed by atoms with Gasteiger partial charge in [0.15, 0.2) is 5.96 Å². The highest BCUT2D eigenvalue weighted by molar-refractivity contribution is 14.0. The molecule has 0 bridgehead atoms. The van der Waals surface area contributed by atoms with Crippen molar-refractivity contribution in [3.63, 3.8) is 0 Å². The molecule has 2 unspecified atom stereocenters. The Morgan fingerprint density at radius 1 is 1.26 bits per heavy atom. The summed E-state index contributed by atoms with van der Waals surface area (Å²) >= 11 is 1.79. The molecule has 2 atom stereocenters. The van der Waals surface area contributed by atoms with Crippen LogP contribution in [-0.2, 0) is 0 Å². The quantitative estimate of drug-likeness (QED) is 0.294. The van der Waals surface area contributed by atoms with Crippen LogP contribution in [0.1, 0.15) is 17.3 Å². The molecule has 3 rings (SSSR count). The Bertz CT molecular complexity index is 809. The van der Waals surface area contributed by atoms with Gasteiger partial charge in [-0.15, -0.1) is 35.3 Å². The van der Waals surface area contributed by atoms with E-state index >= 15 is 0 Å². The van der Waals surface area contributed by atoms with Crippen LogP contribution in [0, 0.1) is 0 Å². The molecule has 2 N–H and O–H groups in total. The van der Waals surface area contributed by atoms with Gasteiger partial charge < -0.3 is 29.9 Å². The fourth-order valence-electron chi connectivity index (χ4n) is 3.69. The van der Waals surface area contributed by atoms with Gasteiger partial charge in [0.2, 0.25) is 0 Å². The molecular weight excluding hydrogens is 525 g/mol. The van der Waals surface area contributed by atoms with Gasteiger partial charge in [-0.3, -0.25) is 4.99 Å². The molecular formula is C22H34IN5O2S. The summed E-state index contributed by atoms with van der Waals surface area (Å²) in [6.45, 7) is 2.68. The number of hydrogen-bond donors (Lipinski definition) is 2. The number of anilines is 1. The maximum absolute atomic E-state index is 5.42. The second-order valence-corrected chi connectivity index (χ2v) is 8.57. The van der Waals surface area contributed by atoms with Gasteiger partial charge in [-0.2, -0.15) is 0 Å². The molecule has 31 heavy (non-hydrogen) atoms. The third kappa shape index (κ3) is 6.88. The number of hydrogen-bond acceptors (Lipinski definition) is 6. The van der Waals surface area contributed by atoms with Crippen LogP contribution in [0.2, 0.25) is 0 Å². The van der Waals surface area contributed by atoms with Crippen LogP contribution < -0.4 is 25.0 Å². The minimum absolute atomic E-state index is 0. The lowest BCUT2D eigenvalue weighted by Crippen LogP contribution is -2.46. The van der Waals surface area contributed by atoms with Crippen LogP contribution in [0.15, 0.2) is 40.7 Å². The maximum Gasteiger partial charge on any atom is 0.191 e. The molecule has 0 amide bonds. The number of halogens is 1. The lowest BCUT2D eigenvalue weighted by molar-refractivity contribution is 0.302. The van der Waals surface area contributed by atoms with E-state index in [1.54, 1.807) is 25.6 Å². The molecule has 9 heteroatoms. The number of ether oxygens (including phenoxy) is 2. The van der Waals surface area contributed by atoms with Crippen molar-refractivity contribution in [1.82, 2.24) is 15.5 Å². The van der Waals surface area contributed by atoms with Gasteiger partial charge in [0.25, 0.3) is 0 Å². The first-order valence-electron chi connectivity index (χ1n) is 10.2. The highest BCUT2D eigenvalue weighted by atomic mass is 127. The average Bonchev–Trinajstić information content (AvgIpc) is 3.44. The van der Waals surface area contributed by atoms with Gasteiger partial charge in [-0.25, -0.2) is 0 Å². The monoisotopic (exact) mass is 559 g/mol.